The molecule has 1 unspecified atom stereocenters. The zero-order valence-corrected chi connectivity index (χ0v) is 10.2. The van der Waals surface area contributed by atoms with Crippen LogP contribution in [0.3, 0.4) is 0 Å². The first-order chi connectivity index (χ1) is 7.25. The summed E-state index contributed by atoms with van der Waals surface area (Å²) in [7, 11) is 0. The van der Waals surface area contributed by atoms with Crippen LogP contribution in [0.25, 0.3) is 0 Å². The summed E-state index contributed by atoms with van der Waals surface area (Å²) >= 11 is 5.89. The Morgan fingerprint density at radius 3 is 2.80 bits per heavy atom. The Kier molecular flexibility index (Phi) is 4.06. The normalized spacial score (nSPS) is 29.5. The molecule has 2 aliphatic rings. The highest BCUT2D eigenvalue weighted by Crippen LogP contribution is 2.21. The van der Waals surface area contributed by atoms with Crippen molar-refractivity contribution in [3.05, 3.63) is 11.6 Å². The van der Waals surface area contributed by atoms with Gasteiger partial charge in [-0.15, -0.1) is 0 Å². The molecular weight excluding hydrogens is 208 g/mol. The Bertz CT molecular complexity index is 230. The van der Waals surface area contributed by atoms with Gasteiger partial charge in [0.2, 0.25) is 0 Å². The first kappa shape index (κ1) is 11.4. The topological polar surface area (TPSA) is 6.48 Å². The molecule has 2 saturated heterocycles. The standard InChI is InChI=1S/C12H21ClN2/c1-11(13)9-14-6-4-8-15-7-3-2-5-12(15)10-14/h12H,1-10H2. The van der Waals surface area contributed by atoms with Gasteiger partial charge in [-0.2, -0.15) is 0 Å². The van der Waals surface area contributed by atoms with Gasteiger partial charge >= 0.3 is 0 Å². The lowest BCUT2D eigenvalue weighted by Crippen LogP contribution is -2.44. The molecular formula is C12H21ClN2. The van der Waals surface area contributed by atoms with Gasteiger partial charge in [-0.05, 0) is 38.9 Å². The average Bonchev–Trinajstić information content (AvgIpc) is 2.38. The summed E-state index contributed by atoms with van der Waals surface area (Å²) in [5.41, 5.74) is 0. The number of fused-ring (bicyclic) bond motifs is 1. The predicted octanol–water partition coefficient (Wildman–Crippen LogP) is 2.30. The maximum Gasteiger partial charge on any atom is 0.0336 e. The van der Waals surface area contributed by atoms with Crippen molar-refractivity contribution in [3.63, 3.8) is 0 Å². The smallest absolute Gasteiger partial charge is 0.0336 e. The van der Waals surface area contributed by atoms with Gasteiger partial charge in [0.05, 0.1) is 0 Å². The van der Waals surface area contributed by atoms with Crippen LogP contribution >= 0.6 is 11.6 Å². The van der Waals surface area contributed by atoms with Crippen LogP contribution in [0.5, 0.6) is 0 Å². The fourth-order valence-electron chi connectivity index (χ4n) is 2.83. The van der Waals surface area contributed by atoms with Gasteiger partial charge in [-0.25, -0.2) is 0 Å². The highest BCUT2D eigenvalue weighted by molar-refractivity contribution is 6.29. The molecule has 0 N–H and O–H groups in total. The minimum atomic E-state index is 0.775. The van der Waals surface area contributed by atoms with Crippen LogP contribution in [0.1, 0.15) is 25.7 Å². The zero-order valence-electron chi connectivity index (χ0n) is 9.42. The molecule has 0 bridgehead atoms. The minimum Gasteiger partial charge on any atom is -0.299 e. The summed E-state index contributed by atoms with van der Waals surface area (Å²) in [6.07, 6.45) is 5.43. The van der Waals surface area contributed by atoms with Crippen molar-refractivity contribution in [2.75, 3.05) is 32.7 Å². The molecule has 0 aromatic carbocycles. The molecule has 2 nitrogen and oxygen atoms in total. The lowest BCUT2D eigenvalue weighted by molar-refractivity contribution is 0.140. The summed E-state index contributed by atoms with van der Waals surface area (Å²) < 4.78 is 0. The van der Waals surface area contributed by atoms with Crippen molar-refractivity contribution in [1.29, 1.82) is 0 Å². The maximum absolute atomic E-state index is 5.89. The quantitative estimate of drug-likeness (QED) is 0.716. The molecule has 2 fully saturated rings. The van der Waals surface area contributed by atoms with Crippen LogP contribution in [0, 0.1) is 0 Å². The van der Waals surface area contributed by atoms with E-state index in [1.807, 2.05) is 0 Å². The van der Waals surface area contributed by atoms with Crippen molar-refractivity contribution in [2.45, 2.75) is 31.7 Å². The number of halogens is 1. The molecule has 0 aromatic rings. The summed E-state index contributed by atoms with van der Waals surface area (Å²) in [5, 5.41) is 0.777. The van der Waals surface area contributed by atoms with E-state index in [0.717, 1.165) is 17.6 Å². The van der Waals surface area contributed by atoms with Crippen LogP contribution in [-0.4, -0.2) is 48.6 Å². The van der Waals surface area contributed by atoms with Crippen molar-refractivity contribution in [2.24, 2.45) is 0 Å². The zero-order chi connectivity index (χ0) is 10.7. The Morgan fingerprint density at radius 1 is 1.20 bits per heavy atom. The second-order valence-corrected chi connectivity index (χ2v) is 5.33. The molecule has 0 spiro atoms. The molecule has 0 amide bonds. The Hall–Kier alpha value is -0.0500. The minimum absolute atomic E-state index is 0.775. The van der Waals surface area contributed by atoms with E-state index >= 15 is 0 Å². The summed E-state index contributed by atoms with van der Waals surface area (Å²) in [6.45, 7) is 9.61. The molecule has 2 heterocycles. The Labute approximate surface area is 97.9 Å². The molecule has 86 valence electrons. The lowest BCUT2D eigenvalue weighted by atomic mass is 10.0. The molecule has 0 aliphatic carbocycles. The number of hydrogen-bond donors (Lipinski definition) is 0. The number of rotatable bonds is 2. The van der Waals surface area contributed by atoms with Gasteiger partial charge in [-0.3, -0.25) is 9.80 Å². The summed E-state index contributed by atoms with van der Waals surface area (Å²) in [5.74, 6) is 0. The fourth-order valence-corrected chi connectivity index (χ4v) is 3.00. The first-order valence-corrected chi connectivity index (χ1v) is 6.43. The highest BCUT2D eigenvalue weighted by Gasteiger charge is 2.26. The number of nitrogens with zero attached hydrogens (tertiary/aromatic N) is 2. The second kappa shape index (κ2) is 5.33. The van der Waals surface area contributed by atoms with E-state index in [4.69, 9.17) is 11.6 Å². The van der Waals surface area contributed by atoms with Gasteiger partial charge < -0.3 is 0 Å². The third-order valence-electron chi connectivity index (χ3n) is 3.53. The average molecular weight is 229 g/mol. The van der Waals surface area contributed by atoms with E-state index in [-0.39, 0.29) is 0 Å². The van der Waals surface area contributed by atoms with Gasteiger partial charge in [0.25, 0.3) is 0 Å². The fraction of sp³-hybridized carbons (Fsp3) is 0.833. The van der Waals surface area contributed by atoms with Gasteiger partial charge in [0.15, 0.2) is 0 Å². The van der Waals surface area contributed by atoms with Crippen molar-refractivity contribution in [3.8, 4) is 0 Å². The third kappa shape index (κ3) is 3.20. The molecule has 0 aromatic heterocycles. The molecule has 1 atom stereocenters. The summed E-state index contributed by atoms with van der Waals surface area (Å²) in [4.78, 5) is 5.13. The van der Waals surface area contributed by atoms with Crippen molar-refractivity contribution < 1.29 is 0 Å². The van der Waals surface area contributed by atoms with E-state index in [9.17, 15) is 0 Å². The van der Waals surface area contributed by atoms with Gasteiger partial charge in [0.1, 0.15) is 0 Å². The number of hydrogen-bond acceptors (Lipinski definition) is 2. The second-order valence-electron chi connectivity index (χ2n) is 4.79. The monoisotopic (exact) mass is 228 g/mol. The molecule has 0 radical (unpaired) electrons. The van der Waals surface area contributed by atoms with E-state index in [2.05, 4.69) is 16.4 Å². The van der Waals surface area contributed by atoms with Gasteiger partial charge in [-0.1, -0.05) is 24.6 Å². The Morgan fingerprint density at radius 2 is 2.00 bits per heavy atom. The van der Waals surface area contributed by atoms with E-state index < -0.39 is 0 Å². The van der Waals surface area contributed by atoms with Crippen molar-refractivity contribution >= 4 is 11.6 Å². The van der Waals surface area contributed by atoms with Gasteiger partial charge in [0, 0.05) is 24.2 Å². The van der Waals surface area contributed by atoms with E-state index in [0.29, 0.717) is 0 Å². The molecule has 0 saturated carbocycles. The third-order valence-corrected chi connectivity index (χ3v) is 3.65. The van der Waals surface area contributed by atoms with Crippen LogP contribution in [-0.2, 0) is 0 Å². The molecule has 3 heteroatoms. The number of piperidine rings is 1. The molecule has 2 rings (SSSR count). The lowest BCUT2D eigenvalue weighted by Gasteiger charge is -2.35. The van der Waals surface area contributed by atoms with Crippen molar-refractivity contribution in [1.82, 2.24) is 9.80 Å². The van der Waals surface area contributed by atoms with Crippen LogP contribution in [0.4, 0.5) is 0 Å². The molecule has 15 heavy (non-hydrogen) atoms. The Balaban J connectivity index is 1.92. The molecule has 2 aliphatic heterocycles. The predicted molar refractivity (Wildman–Crippen MR) is 65.3 cm³/mol. The van der Waals surface area contributed by atoms with Crippen LogP contribution in [0.2, 0.25) is 0 Å². The highest BCUT2D eigenvalue weighted by atomic mass is 35.5. The summed E-state index contributed by atoms with van der Waals surface area (Å²) in [6, 6.07) is 0.775. The first-order valence-electron chi connectivity index (χ1n) is 6.05. The SMILES string of the molecule is C=C(Cl)CN1CCCN2CCCCC2C1. The largest absolute Gasteiger partial charge is 0.299 e. The van der Waals surface area contributed by atoms with E-state index in [1.165, 1.54) is 51.9 Å². The van der Waals surface area contributed by atoms with Crippen LogP contribution in [0.15, 0.2) is 11.6 Å². The maximum atomic E-state index is 5.89. The van der Waals surface area contributed by atoms with E-state index in [1.54, 1.807) is 0 Å². The van der Waals surface area contributed by atoms with Crippen LogP contribution < -0.4 is 0 Å².